The van der Waals surface area contributed by atoms with Crippen LogP contribution in [0.1, 0.15) is 22.5 Å². The topological polar surface area (TPSA) is 59.8 Å². The smallest absolute Gasteiger partial charge is 0.228 e. The van der Waals surface area contributed by atoms with Gasteiger partial charge in [0.05, 0.1) is 6.42 Å². The van der Waals surface area contributed by atoms with E-state index in [1.54, 1.807) is 6.20 Å². The van der Waals surface area contributed by atoms with Crippen molar-refractivity contribution in [2.45, 2.75) is 27.2 Å². The van der Waals surface area contributed by atoms with Gasteiger partial charge in [-0.05, 0) is 61.7 Å². The number of hydrogen-bond donors (Lipinski definition) is 1. The molecule has 0 saturated heterocycles. The van der Waals surface area contributed by atoms with Crippen molar-refractivity contribution in [2.75, 3.05) is 5.32 Å². The van der Waals surface area contributed by atoms with Crippen LogP contribution >= 0.6 is 0 Å². The molecule has 2 aromatic heterocycles. The normalized spacial score (nSPS) is 11.0. The number of benzene rings is 2. The molecule has 0 unspecified atom stereocenters. The summed E-state index contributed by atoms with van der Waals surface area (Å²) in [6.07, 6.45) is 2.10. The van der Waals surface area contributed by atoms with Crippen molar-refractivity contribution >= 4 is 22.8 Å². The lowest BCUT2D eigenvalue weighted by Crippen LogP contribution is -2.16. The fourth-order valence-corrected chi connectivity index (χ4v) is 3.48. The highest BCUT2D eigenvalue weighted by atomic mass is 16.1. The van der Waals surface area contributed by atoms with E-state index in [2.05, 4.69) is 15.3 Å². The third kappa shape index (κ3) is 3.39. The van der Waals surface area contributed by atoms with Crippen molar-refractivity contribution in [2.24, 2.45) is 0 Å². The molecule has 0 spiro atoms. The number of carbonyl (C=O) groups is 1. The van der Waals surface area contributed by atoms with Gasteiger partial charge >= 0.3 is 0 Å². The van der Waals surface area contributed by atoms with Crippen molar-refractivity contribution in [3.05, 3.63) is 83.3 Å². The Morgan fingerprint density at radius 3 is 2.39 bits per heavy atom. The van der Waals surface area contributed by atoms with Gasteiger partial charge in [0.25, 0.3) is 0 Å². The van der Waals surface area contributed by atoms with Crippen LogP contribution in [0.5, 0.6) is 0 Å². The number of hydrogen-bond acceptors (Lipinski definition) is 3. The zero-order valence-corrected chi connectivity index (χ0v) is 16.2. The van der Waals surface area contributed by atoms with E-state index in [4.69, 9.17) is 0 Å². The van der Waals surface area contributed by atoms with E-state index in [0.29, 0.717) is 6.42 Å². The number of nitrogens with one attached hydrogen (secondary N) is 1. The lowest BCUT2D eigenvalue weighted by atomic mass is 10.1. The highest BCUT2D eigenvalue weighted by Gasteiger charge is 2.11. The van der Waals surface area contributed by atoms with E-state index in [1.165, 1.54) is 0 Å². The molecule has 4 rings (SSSR count). The van der Waals surface area contributed by atoms with Crippen molar-refractivity contribution in [3.63, 3.8) is 0 Å². The molecule has 1 N–H and O–H groups in total. The van der Waals surface area contributed by atoms with Crippen molar-refractivity contribution in [1.29, 1.82) is 0 Å². The number of pyridine rings is 1. The molecule has 5 heteroatoms. The van der Waals surface area contributed by atoms with Gasteiger partial charge < -0.3 is 5.32 Å². The molecule has 4 aromatic rings. The van der Waals surface area contributed by atoms with E-state index in [1.807, 2.05) is 79.9 Å². The second-order valence-corrected chi connectivity index (χ2v) is 7.00. The number of amides is 1. The molecule has 0 atom stereocenters. The summed E-state index contributed by atoms with van der Waals surface area (Å²) in [7, 11) is 0. The SMILES string of the molecule is Cc1cccc(C)c1NC(=O)Cc1ccc(-n2c(C)nc3cccnc32)cc1. The van der Waals surface area contributed by atoms with Gasteiger partial charge in [-0.15, -0.1) is 0 Å². The van der Waals surface area contributed by atoms with Gasteiger partial charge in [-0.25, -0.2) is 9.97 Å². The van der Waals surface area contributed by atoms with Gasteiger partial charge in [-0.1, -0.05) is 30.3 Å². The van der Waals surface area contributed by atoms with Gasteiger partial charge in [0.2, 0.25) is 5.91 Å². The first-order valence-corrected chi connectivity index (χ1v) is 9.28. The van der Waals surface area contributed by atoms with E-state index in [0.717, 1.165) is 45.1 Å². The first-order chi connectivity index (χ1) is 13.5. The number of imidazole rings is 1. The predicted molar refractivity (Wildman–Crippen MR) is 112 cm³/mol. The molecule has 0 radical (unpaired) electrons. The van der Waals surface area contributed by atoms with Crippen LogP contribution in [0.2, 0.25) is 0 Å². The number of aryl methyl sites for hydroxylation is 3. The van der Waals surface area contributed by atoms with Crippen LogP contribution < -0.4 is 5.32 Å². The highest BCUT2D eigenvalue weighted by molar-refractivity contribution is 5.93. The number of aromatic nitrogens is 3. The van der Waals surface area contributed by atoms with E-state index < -0.39 is 0 Å². The Kier molecular flexibility index (Phi) is 4.65. The second kappa shape index (κ2) is 7.27. The van der Waals surface area contributed by atoms with E-state index in [9.17, 15) is 4.79 Å². The van der Waals surface area contributed by atoms with E-state index in [-0.39, 0.29) is 5.91 Å². The maximum absolute atomic E-state index is 12.5. The summed E-state index contributed by atoms with van der Waals surface area (Å²) in [6.45, 7) is 5.97. The fraction of sp³-hybridized carbons (Fsp3) is 0.174. The van der Waals surface area contributed by atoms with Crippen molar-refractivity contribution in [1.82, 2.24) is 14.5 Å². The third-order valence-electron chi connectivity index (χ3n) is 4.89. The van der Waals surface area contributed by atoms with Gasteiger partial charge in [0.15, 0.2) is 5.65 Å². The molecular weight excluding hydrogens is 348 g/mol. The van der Waals surface area contributed by atoms with Gasteiger partial charge in [-0.2, -0.15) is 0 Å². The monoisotopic (exact) mass is 370 g/mol. The Morgan fingerprint density at radius 2 is 1.68 bits per heavy atom. The van der Waals surface area contributed by atoms with Crippen molar-refractivity contribution in [3.8, 4) is 5.69 Å². The van der Waals surface area contributed by atoms with Crippen LogP contribution in [0.3, 0.4) is 0 Å². The summed E-state index contributed by atoms with van der Waals surface area (Å²) in [5.41, 5.74) is 6.69. The minimum atomic E-state index is -0.0175. The molecule has 2 aromatic carbocycles. The Labute approximate surface area is 164 Å². The Morgan fingerprint density at radius 1 is 0.964 bits per heavy atom. The lowest BCUT2D eigenvalue weighted by Gasteiger charge is -2.12. The minimum Gasteiger partial charge on any atom is -0.325 e. The van der Waals surface area contributed by atoms with Crippen LogP contribution in [0, 0.1) is 20.8 Å². The quantitative estimate of drug-likeness (QED) is 0.574. The highest BCUT2D eigenvalue weighted by Crippen LogP contribution is 2.21. The molecule has 0 fully saturated rings. The molecule has 0 aliphatic heterocycles. The maximum Gasteiger partial charge on any atom is 0.228 e. The van der Waals surface area contributed by atoms with Crippen molar-refractivity contribution < 1.29 is 4.79 Å². The van der Waals surface area contributed by atoms with Gasteiger partial charge in [-0.3, -0.25) is 9.36 Å². The number of anilines is 1. The van der Waals surface area contributed by atoms with Crippen LogP contribution in [-0.4, -0.2) is 20.4 Å². The molecule has 0 aliphatic carbocycles. The van der Waals surface area contributed by atoms with E-state index >= 15 is 0 Å². The average Bonchev–Trinajstić information content (AvgIpc) is 3.01. The molecule has 0 bridgehead atoms. The first kappa shape index (κ1) is 17.9. The summed E-state index contributed by atoms with van der Waals surface area (Å²) in [4.78, 5) is 21.5. The number of nitrogens with zero attached hydrogens (tertiary/aromatic N) is 3. The maximum atomic E-state index is 12.5. The molecule has 0 saturated carbocycles. The largest absolute Gasteiger partial charge is 0.325 e. The molecule has 2 heterocycles. The molecule has 1 amide bonds. The lowest BCUT2D eigenvalue weighted by molar-refractivity contribution is -0.115. The van der Waals surface area contributed by atoms with Crippen LogP contribution in [-0.2, 0) is 11.2 Å². The zero-order valence-electron chi connectivity index (χ0n) is 16.2. The van der Waals surface area contributed by atoms with Crippen LogP contribution in [0.4, 0.5) is 5.69 Å². The predicted octanol–water partition coefficient (Wildman–Crippen LogP) is 4.53. The molecular formula is C23H22N4O. The number of rotatable bonds is 4. The Balaban J connectivity index is 1.53. The Hall–Kier alpha value is -3.47. The van der Waals surface area contributed by atoms with Gasteiger partial charge in [0.1, 0.15) is 11.3 Å². The summed E-state index contributed by atoms with van der Waals surface area (Å²) in [5, 5.41) is 3.04. The summed E-state index contributed by atoms with van der Waals surface area (Å²) < 4.78 is 2.02. The van der Waals surface area contributed by atoms with Gasteiger partial charge in [0, 0.05) is 17.6 Å². The fourth-order valence-electron chi connectivity index (χ4n) is 3.48. The third-order valence-corrected chi connectivity index (χ3v) is 4.89. The minimum absolute atomic E-state index is 0.0175. The number of fused-ring (bicyclic) bond motifs is 1. The number of para-hydroxylation sites is 1. The summed E-state index contributed by atoms with van der Waals surface area (Å²) in [6, 6.07) is 17.8. The first-order valence-electron chi connectivity index (χ1n) is 9.28. The molecule has 0 aliphatic rings. The average molecular weight is 370 g/mol. The molecule has 140 valence electrons. The summed E-state index contributed by atoms with van der Waals surface area (Å²) in [5.74, 6) is 0.866. The van der Waals surface area contributed by atoms with Crippen LogP contribution in [0.15, 0.2) is 60.8 Å². The number of carbonyl (C=O) groups excluding carboxylic acids is 1. The Bertz CT molecular complexity index is 1140. The molecule has 28 heavy (non-hydrogen) atoms. The zero-order chi connectivity index (χ0) is 19.7. The van der Waals surface area contributed by atoms with Crippen LogP contribution in [0.25, 0.3) is 16.9 Å². The summed E-state index contributed by atoms with van der Waals surface area (Å²) >= 11 is 0. The second-order valence-electron chi connectivity index (χ2n) is 7.00. The standard InChI is InChI=1S/C23H22N4O/c1-15-6-4-7-16(2)22(15)26-21(28)14-18-9-11-19(12-10-18)27-17(3)25-20-8-5-13-24-23(20)27/h4-13H,14H2,1-3H3,(H,26,28). The molecule has 5 nitrogen and oxygen atoms in total.